The lowest BCUT2D eigenvalue weighted by Crippen LogP contribution is -2.22. The second-order valence-corrected chi connectivity index (χ2v) is 7.25. The molecule has 2 aromatic carbocycles. The molecular weight excluding hydrogens is 353 g/mol. The molecule has 1 aromatic heterocycles. The molecule has 0 radical (unpaired) electrons. The van der Waals surface area contributed by atoms with Crippen molar-refractivity contribution >= 4 is 23.4 Å². The predicted molar refractivity (Wildman–Crippen MR) is 99.6 cm³/mol. The highest BCUT2D eigenvalue weighted by atomic mass is 32.2. The fourth-order valence-corrected chi connectivity index (χ4v) is 2.95. The Balaban J connectivity index is 1.65. The first-order chi connectivity index (χ1) is 12.4. The van der Waals surface area contributed by atoms with Gasteiger partial charge in [-0.1, -0.05) is 35.5 Å². The summed E-state index contributed by atoms with van der Waals surface area (Å²) in [5.74, 6) is -0.222. The van der Waals surface area contributed by atoms with Crippen molar-refractivity contribution in [2.75, 3.05) is 5.32 Å². The van der Waals surface area contributed by atoms with Crippen LogP contribution in [-0.2, 0) is 4.79 Å². The Morgan fingerprint density at radius 1 is 1.19 bits per heavy atom. The lowest BCUT2D eigenvalue weighted by Gasteiger charge is -2.10. The van der Waals surface area contributed by atoms with Crippen molar-refractivity contribution in [3.8, 4) is 11.5 Å². The number of halogens is 1. The lowest BCUT2D eigenvalue weighted by atomic mass is 10.1. The number of thioether (sulfide) groups is 1. The zero-order valence-electron chi connectivity index (χ0n) is 14.6. The van der Waals surface area contributed by atoms with Crippen LogP contribution in [0, 0.1) is 19.7 Å². The van der Waals surface area contributed by atoms with Crippen molar-refractivity contribution in [1.82, 2.24) is 10.2 Å². The average molecular weight is 371 g/mol. The van der Waals surface area contributed by atoms with Gasteiger partial charge in [0, 0.05) is 11.3 Å². The van der Waals surface area contributed by atoms with Crippen molar-refractivity contribution in [1.29, 1.82) is 0 Å². The van der Waals surface area contributed by atoms with E-state index in [1.165, 1.54) is 6.07 Å². The second-order valence-electron chi connectivity index (χ2n) is 5.96. The first-order valence-corrected chi connectivity index (χ1v) is 8.94. The summed E-state index contributed by atoms with van der Waals surface area (Å²) in [6, 6.07) is 12.3. The molecule has 0 spiro atoms. The molecule has 1 atom stereocenters. The molecule has 0 saturated carbocycles. The number of amides is 1. The van der Waals surface area contributed by atoms with Gasteiger partial charge in [0.1, 0.15) is 5.82 Å². The highest BCUT2D eigenvalue weighted by Crippen LogP contribution is 2.27. The van der Waals surface area contributed by atoms with Gasteiger partial charge >= 0.3 is 0 Å². The molecule has 1 N–H and O–H groups in total. The number of aromatic nitrogens is 2. The molecule has 3 rings (SSSR count). The van der Waals surface area contributed by atoms with Crippen LogP contribution in [0.3, 0.4) is 0 Å². The molecule has 1 heterocycles. The number of hydrogen-bond donors (Lipinski definition) is 1. The van der Waals surface area contributed by atoms with Gasteiger partial charge in [-0.2, -0.15) is 0 Å². The fraction of sp³-hybridized carbons (Fsp3) is 0.211. The molecule has 26 heavy (non-hydrogen) atoms. The van der Waals surface area contributed by atoms with Crippen LogP contribution in [0.25, 0.3) is 11.5 Å². The molecule has 0 unspecified atom stereocenters. The molecule has 0 bridgehead atoms. The standard InChI is InChI=1S/C19H18FN3O2S/c1-11-5-4-6-14(9-11)18-22-23-19(25-18)26-13(3)17(24)21-15-8-7-12(2)16(20)10-15/h4-10,13H,1-3H3,(H,21,24)/t13-/m0/s1. The number of carbonyl (C=O) groups is 1. The van der Waals surface area contributed by atoms with E-state index < -0.39 is 5.25 Å². The molecule has 134 valence electrons. The van der Waals surface area contributed by atoms with E-state index in [4.69, 9.17) is 4.42 Å². The molecule has 0 aliphatic rings. The normalized spacial score (nSPS) is 12.0. The molecule has 3 aromatic rings. The summed E-state index contributed by atoms with van der Waals surface area (Å²) in [5, 5.41) is 10.5. The third-order valence-corrected chi connectivity index (χ3v) is 4.69. The third kappa shape index (κ3) is 4.29. The number of aryl methyl sites for hydroxylation is 2. The van der Waals surface area contributed by atoms with Crippen molar-refractivity contribution < 1.29 is 13.6 Å². The summed E-state index contributed by atoms with van der Waals surface area (Å²) in [7, 11) is 0. The van der Waals surface area contributed by atoms with Crippen LogP contribution in [0.2, 0.25) is 0 Å². The Kier molecular flexibility index (Phi) is 5.37. The van der Waals surface area contributed by atoms with E-state index in [1.807, 2.05) is 31.2 Å². The van der Waals surface area contributed by atoms with Crippen LogP contribution in [0.5, 0.6) is 0 Å². The molecule has 5 nitrogen and oxygen atoms in total. The molecule has 7 heteroatoms. The molecule has 0 aliphatic carbocycles. The van der Waals surface area contributed by atoms with Gasteiger partial charge in [0.2, 0.25) is 11.8 Å². The molecule has 0 saturated heterocycles. The van der Waals surface area contributed by atoms with Gasteiger partial charge in [0.25, 0.3) is 5.22 Å². The van der Waals surface area contributed by atoms with Crippen LogP contribution in [0.15, 0.2) is 52.1 Å². The Morgan fingerprint density at radius 2 is 2.00 bits per heavy atom. The zero-order chi connectivity index (χ0) is 18.7. The minimum absolute atomic E-state index is 0.270. The summed E-state index contributed by atoms with van der Waals surface area (Å²) < 4.78 is 19.2. The largest absolute Gasteiger partial charge is 0.411 e. The van der Waals surface area contributed by atoms with Crippen molar-refractivity contribution in [3.63, 3.8) is 0 Å². The van der Waals surface area contributed by atoms with Crippen LogP contribution >= 0.6 is 11.8 Å². The molecule has 0 fully saturated rings. The van der Waals surface area contributed by atoms with E-state index in [2.05, 4.69) is 15.5 Å². The fourth-order valence-electron chi connectivity index (χ4n) is 2.27. The van der Waals surface area contributed by atoms with Gasteiger partial charge in [-0.3, -0.25) is 4.79 Å². The van der Waals surface area contributed by atoms with Gasteiger partial charge < -0.3 is 9.73 Å². The monoisotopic (exact) mass is 371 g/mol. The van der Waals surface area contributed by atoms with Gasteiger partial charge in [-0.05, 0) is 50.6 Å². The highest BCUT2D eigenvalue weighted by molar-refractivity contribution is 8.00. The maximum atomic E-state index is 13.6. The minimum Gasteiger partial charge on any atom is -0.411 e. The van der Waals surface area contributed by atoms with Crippen LogP contribution < -0.4 is 5.32 Å². The van der Waals surface area contributed by atoms with Crippen molar-refractivity contribution in [3.05, 3.63) is 59.4 Å². The number of carbonyl (C=O) groups excluding carboxylic acids is 1. The smallest absolute Gasteiger partial charge is 0.277 e. The van der Waals surface area contributed by atoms with Gasteiger partial charge in [0.05, 0.1) is 5.25 Å². The Labute approximate surface area is 155 Å². The van der Waals surface area contributed by atoms with E-state index in [9.17, 15) is 9.18 Å². The van der Waals surface area contributed by atoms with Crippen LogP contribution in [-0.4, -0.2) is 21.4 Å². The topological polar surface area (TPSA) is 68.0 Å². The number of anilines is 1. The summed E-state index contributed by atoms with van der Waals surface area (Å²) >= 11 is 1.15. The molecule has 1 amide bonds. The quantitative estimate of drug-likeness (QED) is 0.663. The van der Waals surface area contributed by atoms with E-state index in [0.717, 1.165) is 22.9 Å². The maximum absolute atomic E-state index is 13.6. The molecule has 0 aliphatic heterocycles. The first-order valence-electron chi connectivity index (χ1n) is 8.06. The van der Waals surface area contributed by atoms with Crippen LogP contribution in [0.1, 0.15) is 18.1 Å². The zero-order valence-corrected chi connectivity index (χ0v) is 15.4. The maximum Gasteiger partial charge on any atom is 0.277 e. The van der Waals surface area contributed by atoms with Crippen LogP contribution in [0.4, 0.5) is 10.1 Å². The van der Waals surface area contributed by atoms with Gasteiger partial charge in [0.15, 0.2) is 0 Å². The number of nitrogens with zero attached hydrogens (tertiary/aromatic N) is 2. The summed E-state index contributed by atoms with van der Waals surface area (Å²) in [6.07, 6.45) is 0. The SMILES string of the molecule is Cc1cccc(-c2nnc(S[C@@H](C)C(=O)Nc3ccc(C)c(F)c3)o2)c1. The van der Waals surface area contributed by atoms with Crippen molar-refractivity contribution in [2.45, 2.75) is 31.2 Å². The van der Waals surface area contributed by atoms with E-state index in [0.29, 0.717) is 22.4 Å². The average Bonchev–Trinajstić information content (AvgIpc) is 3.06. The predicted octanol–water partition coefficient (Wildman–Crippen LogP) is 4.61. The number of nitrogens with one attached hydrogen (secondary N) is 1. The third-order valence-electron chi connectivity index (χ3n) is 3.76. The van der Waals surface area contributed by atoms with Gasteiger partial charge in [-0.25, -0.2) is 4.39 Å². The minimum atomic E-state index is -0.481. The van der Waals surface area contributed by atoms with E-state index in [1.54, 1.807) is 26.0 Å². The Hall–Kier alpha value is -2.67. The van der Waals surface area contributed by atoms with E-state index >= 15 is 0 Å². The lowest BCUT2D eigenvalue weighted by molar-refractivity contribution is -0.115. The van der Waals surface area contributed by atoms with Crippen molar-refractivity contribution in [2.24, 2.45) is 0 Å². The number of benzene rings is 2. The number of rotatable bonds is 5. The molecular formula is C19H18FN3O2S. The summed E-state index contributed by atoms with van der Waals surface area (Å²) in [4.78, 5) is 12.3. The first kappa shape index (κ1) is 18.1. The Morgan fingerprint density at radius 3 is 2.73 bits per heavy atom. The van der Waals surface area contributed by atoms with Gasteiger partial charge in [-0.15, -0.1) is 10.2 Å². The Bertz CT molecular complexity index is 942. The summed E-state index contributed by atoms with van der Waals surface area (Å²) in [5.41, 5.74) is 2.86. The summed E-state index contributed by atoms with van der Waals surface area (Å²) in [6.45, 7) is 5.37. The second kappa shape index (κ2) is 7.70. The van der Waals surface area contributed by atoms with E-state index in [-0.39, 0.29) is 11.7 Å². The highest BCUT2D eigenvalue weighted by Gasteiger charge is 2.19. The number of hydrogen-bond acceptors (Lipinski definition) is 5.